The van der Waals surface area contributed by atoms with Crippen molar-refractivity contribution in [2.24, 2.45) is 0 Å². The second kappa shape index (κ2) is 4.96. The van der Waals surface area contributed by atoms with Crippen molar-refractivity contribution in [2.75, 3.05) is 6.54 Å². The fourth-order valence-electron chi connectivity index (χ4n) is 2.79. The van der Waals surface area contributed by atoms with Gasteiger partial charge in [0.05, 0.1) is 5.52 Å². The molecule has 0 aliphatic carbocycles. The molecule has 0 atom stereocenters. The van der Waals surface area contributed by atoms with Crippen molar-refractivity contribution < 1.29 is 0 Å². The van der Waals surface area contributed by atoms with E-state index >= 15 is 0 Å². The Bertz CT molecular complexity index is 749. The lowest BCUT2D eigenvalue weighted by Crippen LogP contribution is -2.13. The smallest absolute Gasteiger partial charge is 0.0600 e. The first kappa shape index (κ1) is 12.0. The Labute approximate surface area is 122 Å². The van der Waals surface area contributed by atoms with Crippen LogP contribution < -0.4 is 5.32 Å². The Balaban J connectivity index is 1.85. The molecule has 1 aliphatic heterocycles. The number of nitrogens with zero attached hydrogens (tertiary/aromatic N) is 2. The quantitative estimate of drug-likeness (QED) is 0.782. The molecule has 4 rings (SSSR count). The van der Waals surface area contributed by atoms with E-state index in [2.05, 4.69) is 44.7 Å². The summed E-state index contributed by atoms with van der Waals surface area (Å²) in [6.45, 7) is 2.01. The molecular formula is C16H15N3S. The van der Waals surface area contributed by atoms with Crippen molar-refractivity contribution in [2.45, 2.75) is 17.9 Å². The normalized spacial score (nSPS) is 14.4. The average molecular weight is 281 g/mol. The maximum atomic E-state index is 4.19. The average Bonchev–Trinajstić information content (AvgIpc) is 2.70. The topological polar surface area (TPSA) is 29.9 Å². The minimum atomic E-state index is 0.964. The summed E-state index contributed by atoms with van der Waals surface area (Å²) < 4.78 is 2.27. The fraction of sp³-hybridized carbons (Fsp3) is 0.188. The molecule has 0 radical (unpaired) electrons. The van der Waals surface area contributed by atoms with Crippen LogP contribution in [0.3, 0.4) is 0 Å². The molecule has 3 heterocycles. The first-order chi connectivity index (χ1) is 9.92. The van der Waals surface area contributed by atoms with Gasteiger partial charge in [-0.2, -0.15) is 0 Å². The molecule has 0 spiro atoms. The van der Waals surface area contributed by atoms with Crippen molar-refractivity contribution in [3.8, 4) is 0 Å². The van der Waals surface area contributed by atoms with Gasteiger partial charge in [0, 0.05) is 35.4 Å². The highest BCUT2D eigenvalue weighted by molar-refractivity contribution is 7.98. The molecule has 1 aliphatic rings. The summed E-state index contributed by atoms with van der Waals surface area (Å²) in [6.07, 6.45) is 7.09. The minimum absolute atomic E-state index is 0.964. The summed E-state index contributed by atoms with van der Waals surface area (Å²) in [6, 6.07) is 10.7. The third kappa shape index (κ3) is 2.01. The van der Waals surface area contributed by atoms with Gasteiger partial charge in [-0.3, -0.25) is 8.96 Å². The number of hydrogen-bond acceptors (Lipinski definition) is 3. The highest BCUT2D eigenvalue weighted by atomic mass is 32.2. The molecule has 1 N–H and O–H groups in total. The number of rotatable bonds is 2. The standard InChI is InChI=1S/C16H15N3S/c1-3-12-9-18-8-6-13-11-19(15(5-1)16(12)13)20-14-4-2-7-17-10-14/h1-5,7,10-11,18H,6,8-9H2. The molecule has 0 amide bonds. The van der Waals surface area contributed by atoms with Gasteiger partial charge in [0.15, 0.2) is 0 Å². The van der Waals surface area contributed by atoms with Crippen molar-refractivity contribution in [1.82, 2.24) is 14.3 Å². The maximum absolute atomic E-state index is 4.19. The van der Waals surface area contributed by atoms with Gasteiger partial charge in [-0.1, -0.05) is 12.1 Å². The second-order valence-electron chi connectivity index (χ2n) is 5.00. The SMILES string of the molecule is c1cncc(Sn2cc3c4c(cccc42)CNCC3)c1. The molecule has 0 saturated heterocycles. The summed E-state index contributed by atoms with van der Waals surface area (Å²) in [5.41, 5.74) is 4.15. The Hall–Kier alpha value is -1.78. The molecule has 2 aromatic heterocycles. The molecule has 0 bridgehead atoms. The first-order valence-corrected chi connectivity index (χ1v) is 7.60. The fourth-order valence-corrected chi connectivity index (χ4v) is 3.69. The van der Waals surface area contributed by atoms with Gasteiger partial charge >= 0.3 is 0 Å². The first-order valence-electron chi connectivity index (χ1n) is 6.83. The van der Waals surface area contributed by atoms with Gasteiger partial charge < -0.3 is 5.32 Å². The predicted molar refractivity (Wildman–Crippen MR) is 82.8 cm³/mol. The van der Waals surface area contributed by atoms with E-state index in [0.717, 1.165) is 24.4 Å². The van der Waals surface area contributed by atoms with E-state index in [4.69, 9.17) is 0 Å². The third-order valence-electron chi connectivity index (χ3n) is 3.69. The van der Waals surface area contributed by atoms with Crippen LogP contribution in [0.1, 0.15) is 11.1 Å². The van der Waals surface area contributed by atoms with E-state index in [1.165, 1.54) is 22.0 Å². The van der Waals surface area contributed by atoms with E-state index < -0.39 is 0 Å². The Morgan fingerprint density at radius 1 is 1.15 bits per heavy atom. The molecule has 0 fully saturated rings. The maximum Gasteiger partial charge on any atom is 0.0600 e. The van der Waals surface area contributed by atoms with Gasteiger partial charge in [-0.05, 0) is 54.2 Å². The lowest BCUT2D eigenvalue weighted by Gasteiger charge is -2.06. The number of pyridine rings is 1. The molecule has 3 nitrogen and oxygen atoms in total. The largest absolute Gasteiger partial charge is 0.312 e. The van der Waals surface area contributed by atoms with Gasteiger partial charge in [0.25, 0.3) is 0 Å². The van der Waals surface area contributed by atoms with Crippen LogP contribution >= 0.6 is 11.9 Å². The van der Waals surface area contributed by atoms with Crippen molar-refractivity contribution in [3.63, 3.8) is 0 Å². The van der Waals surface area contributed by atoms with Crippen LogP contribution in [-0.2, 0) is 13.0 Å². The van der Waals surface area contributed by atoms with Gasteiger partial charge in [0.2, 0.25) is 0 Å². The number of hydrogen-bond donors (Lipinski definition) is 1. The minimum Gasteiger partial charge on any atom is -0.312 e. The van der Waals surface area contributed by atoms with E-state index in [1.807, 2.05) is 18.5 Å². The van der Waals surface area contributed by atoms with E-state index in [1.54, 1.807) is 11.9 Å². The van der Waals surface area contributed by atoms with Gasteiger partial charge in [-0.25, -0.2) is 0 Å². The number of aromatic nitrogens is 2. The Morgan fingerprint density at radius 3 is 3.05 bits per heavy atom. The van der Waals surface area contributed by atoms with Crippen LogP contribution in [0.2, 0.25) is 0 Å². The van der Waals surface area contributed by atoms with Crippen molar-refractivity contribution >= 4 is 22.9 Å². The summed E-state index contributed by atoms with van der Waals surface area (Å²) in [4.78, 5) is 5.35. The van der Waals surface area contributed by atoms with Crippen molar-refractivity contribution in [3.05, 3.63) is 60.0 Å². The molecule has 4 heteroatoms. The lowest BCUT2D eigenvalue weighted by atomic mass is 10.1. The van der Waals surface area contributed by atoms with Crippen LogP contribution in [0, 0.1) is 0 Å². The summed E-state index contributed by atoms with van der Waals surface area (Å²) in [7, 11) is 0. The molecule has 100 valence electrons. The van der Waals surface area contributed by atoms with E-state index in [9.17, 15) is 0 Å². The molecule has 0 saturated carbocycles. The molecule has 20 heavy (non-hydrogen) atoms. The summed E-state index contributed by atoms with van der Waals surface area (Å²) in [5, 5.41) is 4.91. The zero-order valence-electron chi connectivity index (χ0n) is 11.0. The third-order valence-corrected chi connectivity index (χ3v) is 4.64. The molecule has 1 aromatic carbocycles. The Kier molecular flexibility index (Phi) is 2.98. The van der Waals surface area contributed by atoms with Crippen LogP contribution in [0.25, 0.3) is 10.9 Å². The van der Waals surface area contributed by atoms with Crippen LogP contribution in [0.4, 0.5) is 0 Å². The monoisotopic (exact) mass is 281 g/mol. The zero-order chi connectivity index (χ0) is 13.4. The van der Waals surface area contributed by atoms with Crippen LogP contribution in [0.15, 0.2) is 53.8 Å². The molecule has 3 aromatic rings. The van der Waals surface area contributed by atoms with Crippen molar-refractivity contribution in [1.29, 1.82) is 0 Å². The summed E-state index contributed by atoms with van der Waals surface area (Å²) >= 11 is 1.73. The number of benzene rings is 1. The molecule has 0 unspecified atom stereocenters. The zero-order valence-corrected chi connectivity index (χ0v) is 11.9. The predicted octanol–water partition coefficient (Wildman–Crippen LogP) is 3.24. The van der Waals surface area contributed by atoms with Crippen LogP contribution in [-0.4, -0.2) is 15.5 Å². The number of nitrogens with one attached hydrogen (secondary N) is 1. The highest BCUT2D eigenvalue weighted by Crippen LogP contribution is 2.32. The molecular weight excluding hydrogens is 266 g/mol. The highest BCUT2D eigenvalue weighted by Gasteiger charge is 2.15. The lowest BCUT2D eigenvalue weighted by molar-refractivity contribution is 0.701. The second-order valence-corrected chi connectivity index (χ2v) is 6.05. The van der Waals surface area contributed by atoms with Gasteiger partial charge in [0.1, 0.15) is 0 Å². The van der Waals surface area contributed by atoms with E-state index in [-0.39, 0.29) is 0 Å². The van der Waals surface area contributed by atoms with E-state index in [0.29, 0.717) is 0 Å². The Morgan fingerprint density at radius 2 is 2.15 bits per heavy atom. The van der Waals surface area contributed by atoms with Crippen LogP contribution in [0.5, 0.6) is 0 Å². The van der Waals surface area contributed by atoms with Gasteiger partial charge in [-0.15, -0.1) is 0 Å². The summed E-state index contributed by atoms with van der Waals surface area (Å²) in [5.74, 6) is 0.